The number of aryl methyl sites for hydroxylation is 1. The summed E-state index contributed by atoms with van der Waals surface area (Å²) in [5.74, 6) is 0.195. The minimum Gasteiger partial charge on any atom is -0.378 e. The second-order valence-corrected chi connectivity index (χ2v) is 8.97. The Morgan fingerprint density at radius 3 is 3.00 bits per heavy atom. The summed E-state index contributed by atoms with van der Waals surface area (Å²) in [6.07, 6.45) is 5.03. The summed E-state index contributed by atoms with van der Waals surface area (Å²) in [7, 11) is 0. The van der Waals surface area contributed by atoms with Gasteiger partial charge in [-0.3, -0.25) is 9.48 Å². The number of morpholine rings is 1. The number of nitrogens with one attached hydrogen (secondary N) is 3. The first-order chi connectivity index (χ1) is 18.0. The lowest BCUT2D eigenvalue weighted by molar-refractivity contribution is -0.120. The molecule has 1 saturated heterocycles. The Bertz CT molecular complexity index is 1610. The van der Waals surface area contributed by atoms with Crippen LogP contribution in [0.1, 0.15) is 11.1 Å². The van der Waals surface area contributed by atoms with Crippen molar-refractivity contribution in [2.45, 2.75) is 19.5 Å². The minimum atomic E-state index is -0.395. The maximum atomic E-state index is 13.6. The van der Waals surface area contributed by atoms with Crippen LogP contribution in [-0.4, -0.2) is 56.1 Å². The number of carbonyl (C=O) groups is 1. The number of ether oxygens (including phenoxy) is 1. The minimum absolute atomic E-state index is 0.151. The summed E-state index contributed by atoms with van der Waals surface area (Å²) < 4.78 is 22.5. The van der Waals surface area contributed by atoms with Crippen LogP contribution in [0.2, 0.25) is 0 Å². The van der Waals surface area contributed by atoms with Gasteiger partial charge in [0.25, 0.3) is 0 Å². The lowest BCUT2D eigenvalue weighted by atomic mass is 10.2. The van der Waals surface area contributed by atoms with Gasteiger partial charge in [-0.1, -0.05) is 12.1 Å². The Balaban J connectivity index is 1.24. The first-order valence-corrected chi connectivity index (χ1v) is 12.0. The third-order valence-corrected chi connectivity index (χ3v) is 6.45. The number of anilines is 3. The van der Waals surface area contributed by atoms with E-state index in [1.54, 1.807) is 23.0 Å². The predicted molar refractivity (Wildman–Crippen MR) is 137 cm³/mol. The molecule has 1 atom stereocenters. The fourth-order valence-corrected chi connectivity index (χ4v) is 4.57. The quantitative estimate of drug-likeness (QED) is 0.328. The molecule has 1 aliphatic rings. The van der Waals surface area contributed by atoms with E-state index in [0.29, 0.717) is 37.8 Å². The molecule has 1 amide bonds. The van der Waals surface area contributed by atoms with Crippen molar-refractivity contribution in [3.05, 3.63) is 78.1 Å². The fourth-order valence-electron chi connectivity index (χ4n) is 4.57. The van der Waals surface area contributed by atoms with Crippen LogP contribution in [0.4, 0.5) is 21.6 Å². The Morgan fingerprint density at radius 1 is 1.24 bits per heavy atom. The Morgan fingerprint density at radius 2 is 2.16 bits per heavy atom. The SMILES string of the molecule is Cc1c(NC(=O)[C@@H]2COCCN2)cn2ncnc(Nc3ccc4c(cnn4Cc4cccc(F)c4)c3)c12. The summed E-state index contributed by atoms with van der Waals surface area (Å²) >= 11 is 0. The van der Waals surface area contributed by atoms with E-state index in [9.17, 15) is 9.18 Å². The van der Waals surface area contributed by atoms with E-state index >= 15 is 0 Å². The average molecular weight is 501 g/mol. The molecular formula is C26H25FN8O2. The van der Waals surface area contributed by atoms with Crippen molar-refractivity contribution in [2.75, 3.05) is 30.4 Å². The van der Waals surface area contributed by atoms with Crippen molar-refractivity contribution in [1.82, 2.24) is 29.7 Å². The number of hydrogen-bond donors (Lipinski definition) is 3. The van der Waals surface area contributed by atoms with Gasteiger partial charge < -0.3 is 20.7 Å². The average Bonchev–Trinajstić information content (AvgIpc) is 3.45. The smallest absolute Gasteiger partial charge is 0.243 e. The van der Waals surface area contributed by atoms with Crippen molar-refractivity contribution < 1.29 is 13.9 Å². The number of aromatic nitrogens is 5. The van der Waals surface area contributed by atoms with Gasteiger partial charge in [0.05, 0.1) is 43.4 Å². The normalized spacial score (nSPS) is 15.8. The van der Waals surface area contributed by atoms with Crippen LogP contribution in [-0.2, 0) is 16.1 Å². The molecule has 0 saturated carbocycles. The highest BCUT2D eigenvalue weighted by molar-refractivity contribution is 5.97. The molecule has 0 unspecified atom stereocenters. The van der Waals surface area contributed by atoms with Gasteiger partial charge in [0.15, 0.2) is 5.82 Å². The number of rotatable bonds is 6. The van der Waals surface area contributed by atoms with Gasteiger partial charge in [0, 0.05) is 23.2 Å². The van der Waals surface area contributed by atoms with Gasteiger partial charge in [0.1, 0.15) is 23.7 Å². The van der Waals surface area contributed by atoms with Crippen molar-refractivity contribution >= 4 is 39.5 Å². The van der Waals surface area contributed by atoms with Crippen molar-refractivity contribution in [2.24, 2.45) is 0 Å². The number of amides is 1. The molecule has 4 heterocycles. The van der Waals surface area contributed by atoms with E-state index in [0.717, 1.165) is 33.2 Å². The van der Waals surface area contributed by atoms with Gasteiger partial charge in [0.2, 0.25) is 5.91 Å². The van der Waals surface area contributed by atoms with Gasteiger partial charge >= 0.3 is 0 Å². The topological polar surface area (TPSA) is 110 Å². The zero-order chi connectivity index (χ0) is 25.4. The van der Waals surface area contributed by atoms with E-state index in [4.69, 9.17) is 4.74 Å². The number of fused-ring (bicyclic) bond motifs is 2. The highest BCUT2D eigenvalue weighted by atomic mass is 19.1. The molecular weight excluding hydrogens is 475 g/mol. The third kappa shape index (κ3) is 4.61. The molecule has 2 aromatic carbocycles. The summed E-state index contributed by atoms with van der Waals surface area (Å²) in [6.45, 7) is 3.97. The number of hydrogen-bond acceptors (Lipinski definition) is 7. The predicted octanol–water partition coefficient (Wildman–Crippen LogP) is 3.25. The van der Waals surface area contributed by atoms with Crippen LogP contribution in [0.3, 0.4) is 0 Å². The van der Waals surface area contributed by atoms with Crippen molar-refractivity contribution in [1.29, 1.82) is 0 Å². The van der Waals surface area contributed by atoms with E-state index in [1.807, 2.05) is 35.9 Å². The van der Waals surface area contributed by atoms with Gasteiger partial charge in [-0.15, -0.1) is 0 Å². The van der Waals surface area contributed by atoms with Crippen LogP contribution < -0.4 is 16.0 Å². The number of halogens is 1. The van der Waals surface area contributed by atoms with Crippen LogP contribution in [0.15, 0.2) is 61.2 Å². The molecule has 188 valence electrons. The Labute approximate surface area is 211 Å². The zero-order valence-electron chi connectivity index (χ0n) is 20.1. The number of nitrogens with zero attached hydrogens (tertiary/aromatic N) is 5. The highest BCUT2D eigenvalue weighted by Gasteiger charge is 2.23. The summed E-state index contributed by atoms with van der Waals surface area (Å²) in [6, 6.07) is 12.0. The van der Waals surface area contributed by atoms with E-state index in [1.165, 1.54) is 18.5 Å². The number of carbonyl (C=O) groups excluding carboxylic acids is 1. The van der Waals surface area contributed by atoms with Gasteiger partial charge in [-0.25, -0.2) is 13.9 Å². The second-order valence-electron chi connectivity index (χ2n) is 8.97. The number of benzene rings is 2. The molecule has 11 heteroatoms. The van der Waals surface area contributed by atoms with Crippen LogP contribution in [0.5, 0.6) is 0 Å². The first-order valence-electron chi connectivity index (χ1n) is 12.0. The lowest BCUT2D eigenvalue weighted by Gasteiger charge is -2.22. The van der Waals surface area contributed by atoms with Crippen LogP contribution >= 0.6 is 0 Å². The fraction of sp³-hybridized carbons (Fsp3) is 0.231. The maximum absolute atomic E-state index is 13.6. The standard InChI is InChI=1S/C26H25FN8O2/c1-16-21(33-26(36)22-14-37-8-7-28-22)13-35-24(16)25(29-15-31-35)32-20-5-6-23-18(10-20)11-30-34(23)12-17-3-2-4-19(27)9-17/h2-6,9-11,13,15,22,28H,7-8,12,14H2,1H3,(H,33,36)(H,29,31,32)/t22-/m0/s1. The van der Waals surface area contributed by atoms with E-state index < -0.39 is 6.04 Å². The van der Waals surface area contributed by atoms with E-state index in [2.05, 4.69) is 31.1 Å². The third-order valence-electron chi connectivity index (χ3n) is 6.45. The highest BCUT2D eigenvalue weighted by Crippen LogP contribution is 2.29. The van der Waals surface area contributed by atoms with E-state index in [-0.39, 0.29) is 11.7 Å². The summed E-state index contributed by atoms with van der Waals surface area (Å²) in [5.41, 5.74) is 4.87. The Hall–Kier alpha value is -4.35. The summed E-state index contributed by atoms with van der Waals surface area (Å²) in [4.78, 5) is 17.1. The molecule has 0 radical (unpaired) electrons. The van der Waals surface area contributed by atoms with Gasteiger partial charge in [-0.2, -0.15) is 10.2 Å². The second kappa shape index (κ2) is 9.60. The van der Waals surface area contributed by atoms with Crippen LogP contribution in [0.25, 0.3) is 16.4 Å². The molecule has 5 aromatic rings. The van der Waals surface area contributed by atoms with Crippen molar-refractivity contribution in [3.8, 4) is 0 Å². The molecule has 1 aliphatic heterocycles. The molecule has 1 fully saturated rings. The molecule has 10 nitrogen and oxygen atoms in total. The zero-order valence-corrected chi connectivity index (χ0v) is 20.1. The molecule has 3 N–H and O–H groups in total. The van der Waals surface area contributed by atoms with Crippen molar-refractivity contribution in [3.63, 3.8) is 0 Å². The molecule has 37 heavy (non-hydrogen) atoms. The molecule has 3 aromatic heterocycles. The molecule has 0 aliphatic carbocycles. The molecule has 6 rings (SSSR count). The van der Waals surface area contributed by atoms with Gasteiger partial charge in [-0.05, 0) is 42.8 Å². The molecule has 0 spiro atoms. The largest absolute Gasteiger partial charge is 0.378 e. The summed E-state index contributed by atoms with van der Waals surface area (Å²) in [5, 5.41) is 19.3. The molecule has 0 bridgehead atoms. The Kier molecular flexibility index (Phi) is 5.99. The monoisotopic (exact) mass is 500 g/mol. The van der Waals surface area contributed by atoms with Crippen LogP contribution in [0, 0.1) is 12.7 Å². The first kappa shape index (κ1) is 23.1. The lowest BCUT2D eigenvalue weighted by Crippen LogP contribution is -2.48. The maximum Gasteiger partial charge on any atom is 0.243 e.